The second-order valence-electron chi connectivity index (χ2n) is 8.85. The molecule has 1 aliphatic rings. The van der Waals surface area contributed by atoms with Crippen LogP contribution in [-0.2, 0) is 29.4 Å². The van der Waals surface area contributed by atoms with Gasteiger partial charge in [-0.15, -0.1) is 0 Å². The fourth-order valence-corrected chi connectivity index (χ4v) is 4.21. The van der Waals surface area contributed by atoms with Gasteiger partial charge in [0.15, 0.2) is 0 Å². The summed E-state index contributed by atoms with van der Waals surface area (Å²) in [5.41, 5.74) is -3.69. The van der Waals surface area contributed by atoms with Crippen molar-refractivity contribution in [2.24, 2.45) is 0 Å². The Morgan fingerprint density at radius 2 is 1.69 bits per heavy atom. The Bertz CT molecular complexity index is 866. The van der Waals surface area contributed by atoms with Crippen molar-refractivity contribution in [3.05, 3.63) is 60.2 Å². The van der Waals surface area contributed by atoms with Gasteiger partial charge in [-0.3, -0.25) is 4.79 Å². The van der Waals surface area contributed by atoms with Gasteiger partial charge < -0.3 is 14.2 Å². The number of hydrogen-bond donors (Lipinski definition) is 0. The molecule has 1 aliphatic heterocycles. The van der Waals surface area contributed by atoms with E-state index >= 15 is 0 Å². The monoisotopic (exact) mass is 510 g/mol. The Morgan fingerprint density at radius 3 is 2.36 bits per heavy atom. The van der Waals surface area contributed by atoms with Crippen molar-refractivity contribution in [3.8, 4) is 0 Å². The van der Waals surface area contributed by atoms with Gasteiger partial charge in [0.1, 0.15) is 12.2 Å². The highest BCUT2D eigenvalue weighted by atomic mass is 19.4. The van der Waals surface area contributed by atoms with Gasteiger partial charge in [0, 0.05) is 25.5 Å². The van der Waals surface area contributed by atoms with Gasteiger partial charge in [0.25, 0.3) is 5.60 Å². The van der Waals surface area contributed by atoms with Gasteiger partial charge >= 0.3 is 18.1 Å². The van der Waals surface area contributed by atoms with Gasteiger partial charge in [-0.05, 0) is 32.1 Å². The van der Waals surface area contributed by atoms with Gasteiger partial charge in [0.05, 0.1) is 0 Å². The highest BCUT2D eigenvalue weighted by Crippen LogP contribution is 2.43. The predicted molar refractivity (Wildman–Crippen MR) is 131 cm³/mol. The van der Waals surface area contributed by atoms with Crippen LogP contribution in [0, 0.1) is 0 Å². The summed E-state index contributed by atoms with van der Waals surface area (Å²) in [7, 11) is 0.825. The molecule has 200 valence electrons. The highest BCUT2D eigenvalue weighted by Gasteiger charge is 2.64. The average Bonchev–Trinajstić information content (AvgIpc) is 2.84. The van der Waals surface area contributed by atoms with E-state index < -0.39 is 35.9 Å². The number of esters is 2. The Balaban J connectivity index is 2.28. The molecule has 36 heavy (non-hydrogen) atoms. The number of allylic oxidation sites excluding steroid dienone is 3. The maximum absolute atomic E-state index is 14.3. The first-order valence-corrected chi connectivity index (χ1v) is 12.6. The average molecular weight is 511 g/mol. The topological polar surface area (TPSA) is 61.8 Å². The lowest BCUT2D eigenvalue weighted by molar-refractivity contribution is -0.279. The lowest BCUT2D eigenvalue weighted by Crippen LogP contribution is -2.53. The number of methoxy groups -OCH3 is 1. The van der Waals surface area contributed by atoms with E-state index in [1.54, 1.807) is 19.1 Å². The summed E-state index contributed by atoms with van der Waals surface area (Å²) < 4.78 is 58.7. The van der Waals surface area contributed by atoms with E-state index in [0.29, 0.717) is 12.8 Å². The maximum Gasteiger partial charge on any atom is 0.432 e. The van der Waals surface area contributed by atoms with Crippen molar-refractivity contribution < 1.29 is 37.0 Å². The van der Waals surface area contributed by atoms with Crippen LogP contribution in [0.5, 0.6) is 0 Å². The molecule has 1 aromatic carbocycles. The number of benzene rings is 1. The number of cyclic esters (lactones) is 1. The van der Waals surface area contributed by atoms with Crippen LogP contribution in [0.2, 0.25) is 0 Å². The zero-order valence-electron chi connectivity index (χ0n) is 21.1. The summed E-state index contributed by atoms with van der Waals surface area (Å²) in [5.74, 6) is -2.04. The molecule has 0 radical (unpaired) electrons. The largest absolute Gasteiger partial charge is 0.458 e. The third-order valence-corrected chi connectivity index (χ3v) is 6.26. The smallest absolute Gasteiger partial charge is 0.432 e. The van der Waals surface area contributed by atoms with Crippen LogP contribution >= 0.6 is 0 Å². The number of carbonyl (C=O) groups excluding carboxylic acids is 2. The lowest BCUT2D eigenvalue weighted by Gasteiger charge is -2.35. The van der Waals surface area contributed by atoms with Crippen molar-refractivity contribution in [2.75, 3.05) is 7.11 Å². The Kier molecular flexibility index (Phi) is 12.2. The molecule has 0 saturated heterocycles. The van der Waals surface area contributed by atoms with Gasteiger partial charge in [-0.2, -0.15) is 13.2 Å². The van der Waals surface area contributed by atoms with Crippen LogP contribution in [0.1, 0.15) is 76.7 Å². The first kappa shape index (κ1) is 29.6. The molecule has 5 nitrogen and oxygen atoms in total. The molecule has 1 heterocycles. The minimum absolute atomic E-state index is 0.157. The normalized spacial score (nSPS) is 23.0. The third-order valence-electron chi connectivity index (χ3n) is 6.26. The van der Waals surface area contributed by atoms with E-state index in [9.17, 15) is 22.8 Å². The molecule has 0 amide bonds. The molecule has 0 saturated carbocycles. The van der Waals surface area contributed by atoms with E-state index in [4.69, 9.17) is 14.2 Å². The van der Waals surface area contributed by atoms with Crippen molar-refractivity contribution in [3.63, 3.8) is 0 Å². The third kappa shape index (κ3) is 8.22. The standard InChI is InChI=1S/C28H37F3O5/c1-3-23(36-26(33)27(34-2,28(29,30)31)22-18-14-13-15-19-22)24-20-16-11-9-7-5-4-6-8-10-12-17-21-25(32)35-24/h5,7,11,13-16,18-19,23-24H,3-4,6,8-10,12,17,20-21H2,1-2H3/b7-5-,16-11-/t23-,24-,27-/m0/s1. The second-order valence-corrected chi connectivity index (χ2v) is 8.85. The summed E-state index contributed by atoms with van der Waals surface area (Å²) in [4.78, 5) is 25.7. The van der Waals surface area contributed by atoms with Crippen LogP contribution < -0.4 is 0 Å². The molecule has 0 bridgehead atoms. The maximum atomic E-state index is 14.3. The van der Waals surface area contributed by atoms with Gasteiger partial charge in [-0.1, -0.05) is 80.8 Å². The molecular weight excluding hydrogens is 473 g/mol. The number of carbonyl (C=O) groups is 2. The highest BCUT2D eigenvalue weighted by molar-refractivity contribution is 5.83. The molecule has 1 aromatic rings. The second kappa shape index (κ2) is 14.8. The fourth-order valence-electron chi connectivity index (χ4n) is 4.21. The van der Waals surface area contributed by atoms with Gasteiger partial charge in [-0.25, -0.2) is 4.79 Å². The van der Waals surface area contributed by atoms with E-state index in [2.05, 4.69) is 12.2 Å². The number of alkyl halides is 3. The first-order valence-electron chi connectivity index (χ1n) is 12.6. The molecular formula is C28H37F3O5. The predicted octanol–water partition coefficient (Wildman–Crippen LogP) is 6.96. The van der Waals surface area contributed by atoms with Crippen molar-refractivity contribution in [1.29, 1.82) is 0 Å². The first-order chi connectivity index (χ1) is 17.3. The summed E-state index contributed by atoms with van der Waals surface area (Å²) >= 11 is 0. The molecule has 3 atom stereocenters. The lowest BCUT2D eigenvalue weighted by atomic mass is 9.92. The molecule has 0 N–H and O–H groups in total. The Hall–Kier alpha value is -2.61. The van der Waals surface area contributed by atoms with E-state index in [1.807, 2.05) is 6.08 Å². The van der Waals surface area contributed by atoms with Crippen molar-refractivity contribution >= 4 is 11.9 Å². The zero-order chi connectivity index (χ0) is 26.4. The van der Waals surface area contributed by atoms with E-state index in [0.717, 1.165) is 39.2 Å². The molecule has 0 unspecified atom stereocenters. The SMILES string of the molecule is CC[C@H](OC(=O)[C@@](OC)(c1ccccc1)C(F)(F)F)[C@@H]1C/C=C\C/C=C\CCCCCCCC(=O)O1. The molecule has 0 aromatic heterocycles. The molecule has 2 rings (SSSR count). The Labute approximate surface area is 211 Å². The van der Waals surface area contributed by atoms with E-state index in [1.165, 1.54) is 24.3 Å². The van der Waals surface area contributed by atoms with E-state index in [-0.39, 0.29) is 24.8 Å². The van der Waals surface area contributed by atoms with Crippen LogP contribution in [-0.4, -0.2) is 37.4 Å². The molecule has 0 spiro atoms. The Morgan fingerprint density at radius 1 is 1.03 bits per heavy atom. The quantitative estimate of drug-likeness (QED) is 0.306. The van der Waals surface area contributed by atoms with Gasteiger partial charge in [0.2, 0.25) is 0 Å². The van der Waals surface area contributed by atoms with Crippen molar-refractivity contribution in [2.45, 2.75) is 95.1 Å². The molecule has 0 fully saturated rings. The summed E-state index contributed by atoms with van der Waals surface area (Å²) in [6.45, 7) is 1.67. The van der Waals surface area contributed by atoms with Crippen LogP contribution in [0.4, 0.5) is 13.2 Å². The minimum atomic E-state index is -5.08. The van der Waals surface area contributed by atoms with Crippen LogP contribution in [0.25, 0.3) is 0 Å². The van der Waals surface area contributed by atoms with Crippen molar-refractivity contribution in [1.82, 2.24) is 0 Å². The number of hydrogen-bond acceptors (Lipinski definition) is 5. The van der Waals surface area contributed by atoms with Crippen LogP contribution in [0.15, 0.2) is 54.6 Å². The summed E-state index contributed by atoms with van der Waals surface area (Å²) in [5, 5.41) is 0. The zero-order valence-corrected chi connectivity index (χ0v) is 21.1. The molecule has 0 aliphatic carbocycles. The summed E-state index contributed by atoms with van der Waals surface area (Å²) in [6.07, 6.45) is 7.87. The fraction of sp³-hybridized carbons (Fsp3) is 0.571. The summed E-state index contributed by atoms with van der Waals surface area (Å²) in [6, 6.07) is 6.66. The number of halogens is 3. The minimum Gasteiger partial charge on any atom is -0.458 e. The molecule has 8 heteroatoms. The van der Waals surface area contributed by atoms with Crippen LogP contribution in [0.3, 0.4) is 0 Å². The number of rotatable bonds is 6. The number of ether oxygens (including phenoxy) is 3.